The average Bonchev–Trinajstić information content (AvgIpc) is 2.49. The molecule has 25 heavy (non-hydrogen) atoms. The summed E-state index contributed by atoms with van der Waals surface area (Å²) in [4.78, 5) is 23.9. The van der Waals surface area contributed by atoms with Crippen LogP contribution < -0.4 is 5.32 Å². The van der Waals surface area contributed by atoms with Crippen molar-refractivity contribution in [2.75, 3.05) is 5.32 Å². The van der Waals surface area contributed by atoms with Crippen molar-refractivity contribution in [3.8, 4) is 0 Å². The lowest BCUT2D eigenvalue weighted by Crippen LogP contribution is -2.16. The summed E-state index contributed by atoms with van der Waals surface area (Å²) in [6.45, 7) is 7.43. The Morgan fingerprint density at radius 2 is 1.80 bits per heavy atom. The Morgan fingerprint density at radius 3 is 2.32 bits per heavy atom. The number of ether oxygens (including phenoxy) is 1. The van der Waals surface area contributed by atoms with Gasteiger partial charge in [0.15, 0.2) is 0 Å². The van der Waals surface area contributed by atoms with E-state index in [1.165, 1.54) is 0 Å². The first kappa shape index (κ1) is 22.1. The van der Waals surface area contributed by atoms with Gasteiger partial charge in [0, 0.05) is 11.4 Å². The minimum Gasteiger partial charge on any atom is -0.463 e. The Balaban J connectivity index is 3.19. The topological polar surface area (TPSA) is 55.4 Å². The maximum atomic E-state index is 12.0. The molecular formula is C18H24Cl3NO3. The predicted octanol–water partition coefficient (Wildman–Crippen LogP) is 6.22. The maximum Gasteiger partial charge on any atom is 0.306 e. The van der Waals surface area contributed by atoms with Gasteiger partial charge in [-0.2, -0.15) is 0 Å². The normalized spacial score (nSPS) is 12.2. The molecule has 0 aromatic heterocycles. The van der Waals surface area contributed by atoms with Gasteiger partial charge in [-0.05, 0) is 44.2 Å². The molecule has 0 saturated carbocycles. The van der Waals surface area contributed by atoms with Gasteiger partial charge in [-0.15, -0.1) is 0 Å². The molecule has 1 aromatic carbocycles. The van der Waals surface area contributed by atoms with Crippen molar-refractivity contribution in [3.63, 3.8) is 0 Å². The number of halogens is 3. The molecule has 0 spiro atoms. The highest BCUT2D eigenvalue weighted by molar-refractivity contribution is 6.43. The molecule has 0 radical (unpaired) electrons. The molecule has 0 aliphatic heterocycles. The molecule has 0 aliphatic carbocycles. The number of hydrogen-bond acceptors (Lipinski definition) is 3. The summed E-state index contributed by atoms with van der Waals surface area (Å²) in [7, 11) is 0. The lowest BCUT2D eigenvalue weighted by atomic mass is 9.92. The van der Waals surface area contributed by atoms with Gasteiger partial charge in [-0.3, -0.25) is 9.59 Å². The highest BCUT2D eigenvalue weighted by Crippen LogP contribution is 2.43. The Bertz CT molecular complexity index is 632. The maximum absolute atomic E-state index is 12.0. The summed E-state index contributed by atoms with van der Waals surface area (Å²) in [6.07, 6.45) is 1.67. The van der Waals surface area contributed by atoms with E-state index in [2.05, 4.69) is 5.32 Å². The predicted molar refractivity (Wildman–Crippen MR) is 104 cm³/mol. The first-order valence-electron chi connectivity index (χ1n) is 8.37. The van der Waals surface area contributed by atoms with Crippen LogP contribution in [0.2, 0.25) is 15.1 Å². The zero-order valence-electron chi connectivity index (χ0n) is 14.9. The van der Waals surface area contributed by atoms with Crippen LogP contribution in [0.25, 0.3) is 0 Å². The molecule has 0 bridgehead atoms. The van der Waals surface area contributed by atoms with Crippen LogP contribution in [-0.4, -0.2) is 18.0 Å². The molecule has 0 fully saturated rings. The van der Waals surface area contributed by atoms with Gasteiger partial charge in [0.1, 0.15) is 0 Å². The number of rotatable bonds is 8. The summed E-state index contributed by atoms with van der Waals surface area (Å²) in [5.74, 6) is -0.724. The molecule has 1 N–H and O–H groups in total. The quantitative estimate of drug-likeness (QED) is 0.519. The van der Waals surface area contributed by atoms with Crippen LogP contribution >= 0.6 is 34.8 Å². The number of carbonyl (C=O) groups excluding carboxylic acids is 2. The van der Waals surface area contributed by atoms with Gasteiger partial charge >= 0.3 is 5.97 Å². The summed E-state index contributed by atoms with van der Waals surface area (Å²) in [5, 5.41) is 3.64. The SMILES string of the molecule is CCCC(=O)Nc1c(Cl)cc(Cl)c(C(CC)CC(=O)OC(C)C)c1Cl. The Labute approximate surface area is 164 Å². The van der Waals surface area contributed by atoms with E-state index in [9.17, 15) is 9.59 Å². The number of amides is 1. The first-order chi connectivity index (χ1) is 11.7. The van der Waals surface area contributed by atoms with Crippen molar-refractivity contribution in [2.24, 2.45) is 0 Å². The molecule has 0 saturated heterocycles. The molecular weight excluding hydrogens is 385 g/mol. The zero-order valence-corrected chi connectivity index (χ0v) is 17.2. The molecule has 1 rings (SSSR count). The van der Waals surface area contributed by atoms with Crippen LogP contribution in [-0.2, 0) is 14.3 Å². The molecule has 0 aliphatic rings. The van der Waals surface area contributed by atoms with E-state index in [1.807, 2.05) is 13.8 Å². The monoisotopic (exact) mass is 407 g/mol. The van der Waals surface area contributed by atoms with Crippen molar-refractivity contribution >= 4 is 52.4 Å². The highest BCUT2D eigenvalue weighted by atomic mass is 35.5. The zero-order chi connectivity index (χ0) is 19.1. The largest absolute Gasteiger partial charge is 0.463 e. The Morgan fingerprint density at radius 1 is 1.16 bits per heavy atom. The molecule has 1 amide bonds. The van der Waals surface area contributed by atoms with E-state index >= 15 is 0 Å². The molecule has 1 aromatic rings. The van der Waals surface area contributed by atoms with E-state index in [-0.39, 0.29) is 40.4 Å². The minimum absolute atomic E-state index is 0.151. The molecule has 7 heteroatoms. The van der Waals surface area contributed by atoms with Crippen molar-refractivity contribution in [1.29, 1.82) is 0 Å². The minimum atomic E-state index is -0.319. The molecule has 140 valence electrons. The second kappa shape index (κ2) is 10.2. The van der Waals surface area contributed by atoms with E-state index < -0.39 is 0 Å². The van der Waals surface area contributed by atoms with Gasteiger partial charge in [0.05, 0.1) is 28.3 Å². The fourth-order valence-electron chi connectivity index (χ4n) is 2.49. The van der Waals surface area contributed by atoms with Crippen LogP contribution in [0.5, 0.6) is 0 Å². The fraction of sp³-hybridized carbons (Fsp3) is 0.556. The van der Waals surface area contributed by atoms with Crippen molar-refractivity contribution < 1.29 is 14.3 Å². The molecule has 4 nitrogen and oxygen atoms in total. The van der Waals surface area contributed by atoms with Crippen LogP contribution in [0, 0.1) is 0 Å². The molecule has 1 atom stereocenters. The lowest BCUT2D eigenvalue weighted by Gasteiger charge is -2.21. The molecule has 0 heterocycles. The Hall–Kier alpha value is -0.970. The first-order valence-corrected chi connectivity index (χ1v) is 9.51. The highest BCUT2D eigenvalue weighted by Gasteiger charge is 2.25. The van der Waals surface area contributed by atoms with Crippen LogP contribution in [0.3, 0.4) is 0 Å². The lowest BCUT2D eigenvalue weighted by molar-refractivity contribution is -0.147. The summed E-state index contributed by atoms with van der Waals surface area (Å²) < 4.78 is 5.21. The smallest absolute Gasteiger partial charge is 0.306 e. The third kappa shape index (κ3) is 6.36. The number of carbonyl (C=O) groups is 2. The van der Waals surface area contributed by atoms with Gasteiger partial charge in [-0.1, -0.05) is 48.7 Å². The average molecular weight is 409 g/mol. The summed E-state index contributed by atoms with van der Waals surface area (Å²) in [5.41, 5.74) is 0.930. The number of nitrogens with one attached hydrogen (secondary N) is 1. The van der Waals surface area contributed by atoms with E-state index in [0.717, 1.165) is 0 Å². The van der Waals surface area contributed by atoms with Crippen LogP contribution in [0.1, 0.15) is 64.9 Å². The number of anilines is 1. The number of esters is 1. The molecule has 1 unspecified atom stereocenters. The van der Waals surface area contributed by atoms with Crippen molar-refractivity contribution in [3.05, 3.63) is 26.7 Å². The second-order valence-electron chi connectivity index (χ2n) is 6.09. The van der Waals surface area contributed by atoms with Crippen molar-refractivity contribution in [2.45, 2.75) is 65.4 Å². The third-order valence-corrected chi connectivity index (χ3v) is 4.63. The standard InChI is InChI=1S/C18H24Cl3NO3/c1-5-7-14(23)22-18-13(20)9-12(19)16(17(18)21)11(6-2)8-15(24)25-10(3)4/h9-11H,5-8H2,1-4H3,(H,22,23). The van der Waals surface area contributed by atoms with E-state index in [1.54, 1.807) is 19.9 Å². The Kier molecular flexibility index (Phi) is 9.04. The van der Waals surface area contributed by atoms with Gasteiger partial charge in [-0.25, -0.2) is 0 Å². The third-order valence-electron chi connectivity index (χ3n) is 3.63. The van der Waals surface area contributed by atoms with Crippen molar-refractivity contribution in [1.82, 2.24) is 0 Å². The number of benzene rings is 1. The van der Waals surface area contributed by atoms with Crippen LogP contribution in [0.4, 0.5) is 5.69 Å². The van der Waals surface area contributed by atoms with Crippen LogP contribution in [0.15, 0.2) is 6.07 Å². The summed E-state index contributed by atoms with van der Waals surface area (Å²) >= 11 is 19.0. The van der Waals surface area contributed by atoms with E-state index in [0.29, 0.717) is 35.5 Å². The fourth-order valence-corrected chi connectivity index (χ4v) is 3.65. The van der Waals surface area contributed by atoms with Gasteiger partial charge in [0.25, 0.3) is 0 Å². The second-order valence-corrected chi connectivity index (χ2v) is 7.28. The van der Waals surface area contributed by atoms with E-state index in [4.69, 9.17) is 39.5 Å². The number of hydrogen-bond donors (Lipinski definition) is 1. The van der Waals surface area contributed by atoms with Gasteiger partial charge in [0.2, 0.25) is 5.91 Å². The van der Waals surface area contributed by atoms with Gasteiger partial charge < -0.3 is 10.1 Å². The summed E-state index contributed by atoms with van der Waals surface area (Å²) in [6, 6.07) is 1.54.